The lowest BCUT2D eigenvalue weighted by Gasteiger charge is -2.12. The fraction of sp³-hybridized carbons (Fsp3) is 0.417. The van der Waals surface area contributed by atoms with Crippen molar-refractivity contribution in [3.63, 3.8) is 0 Å². The molecule has 0 unspecified atom stereocenters. The molecule has 0 saturated carbocycles. The van der Waals surface area contributed by atoms with Gasteiger partial charge in [-0.3, -0.25) is 0 Å². The van der Waals surface area contributed by atoms with Crippen LogP contribution in [0.3, 0.4) is 0 Å². The molecule has 0 amide bonds. The predicted octanol–water partition coefficient (Wildman–Crippen LogP) is 0.507. The number of sulfonamides is 1. The minimum absolute atomic E-state index is 0.0500. The van der Waals surface area contributed by atoms with Crippen molar-refractivity contribution in [2.24, 2.45) is 0 Å². The number of rotatable bonds is 3. The third-order valence-electron chi connectivity index (χ3n) is 3.01. The Morgan fingerprint density at radius 3 is 2.83 bits per heavy atom. The van der Waals surface area contributed by atoms with E-state index in [4.69, 9.17) is 5.26 Å². The quantitative estimate of drug-likeness (QED) is 0.834. The first-order valence-electron chi connectivity index (χ1n) is 5.77. The summed E-state index contributed by atoms with van der Waals surface area (Å²) in [4.78, 5) is 0.214. The highest BCUT2D eigenvalue weighted by molar-refractivity contribution is 7.89. The highest BCUT2D eigenvalue weighted by Crippen LogP contribution is 2.15. The number of nitrogens with one attached hydrogen (secondary N) is 2. The van der Waals surface area contributed by atoms with Gasteiger partial charge in [0.2, 0.25) is 10.0 Å². The van der Waals surface area contributed by atoms with Crippen molar-refractivity contribution in [1.29, 1.82) is 5.26 Å². The number of hydrogen-bond donors (Lipinski definition) is 2. The Hall–Kier alpha value is -1.42. The van der Waals surface area contributed by atoms with Crippen LogP contribution in [0.4, 0.5) is 0 Å². The Labute approximate surface area is 107 Å². The van der Waals surface area contributed by atoms with Crippen molar-refractivity contribution in [3.05, 3.63) is 29.3 Å². The Kier molecular flexibility index (Phi) is 3.66. The zero-order valence-corrected chi connectivity index (χ0v) is 10.9. The van der Waals surface area contributed by atoms with Crippen LogP contribution >= 0.6 is 0 Å². The van der Waals surface area contributed by atoms with Gasteiger partial charge in [0.05, 0.1) is 16.5 Å². The van der Waals surface area contributed by atoms with E-state index in [0.717, 1.165) is 13.0 Å². The summed E-state index contributed by atoms with van der Waals surface area (Å²) in [6, 6.07) is 6.51. The first-order valence-corrected chi connectivity index (χ1v) is 7.25. The molecule has 1 aromatic rings. The van der Waals surface area contributed by atoms with Crippen molar-refractivity contribution in [2.45, 2.75) is 24.3 Å². The van der Waals surface area contributed by atoms with Gasteiger partial charge in [-0.2, -0.15) is 5.26 Å². The average Bonchev–Trinajstić information content (AvgIpc) is 2.81. The average molecular weight is 265 g/mol. The number of hydrogen-bond acceptors (Lipinski definition) is 4. The second-order valence-corrected chi connectivity index (χ2v) is 6.11. The molecule has 2 rings (SSSR count). The molecule has 0 radical (unpaired) electrons. The van der Waals surface area contributed by atoms with Crippen molar-refractivity contribution < 1.29 is 8.42 Å². The van der Waals surface area contributed by atoms with Gasteiger partial charge in [-0.25, -0.2) is 13.1 Å². The molecule has 0 aromatic heterocycles. The summed E-state index contributed by atoms with van der Waals surface area (Å²) < 4.78 is 26.9. The Morgan fingerprint density at radius 1 is 1.50 bits per heavy atom. The molecule has 1 fully saturated rings. The van der Waals surface area contributed by atoms with Crippen LogP contribution in [0.5, 0.6) is 0 Å². The zero-order valence-electron chi connectivity index (χ0n) is 10.1. The maximum absolute atomic E-state index is 12.1. The third kappa shape index (κ3) is 2.70. The number of benzene rings is 1. The van der Waals surface area contributed by atoms with Gasteiger partial charge in [0.25, 0.3) is 0 Å². The fourth-order valence-corrected chi connectivity index (χ4v) is 3.33. The van der Waals surface area contributed by atoms with Gasteiger partial charge in [0.15, 0.2) is 0 Å². The van der Waals surface area contributed by atoms with Crippen LogP contribution < -0.4 is 10.0 Å². The minimum atomic E-state index is -3.49. The summed E-state index contributed by atoms with van der Waals surface area (Å²) in [7, 11) is -3.49. The van der Waals surface area contributed by atoms with Gasteiger partial charge in [-0.05, 0) is 43.7 Å². The van der Waals surface area contributed by atoms with Crippen LogP contribution in [-0.2, 0) is 10.0 Å². The maximum Gasteiger partial charge on any atom is 0.240 e. The normalized spacial score (nSPS) is 19.7. The summed E-state index contributed by atoms with van der Waals surface area (Å²) in [6.45, 7) is 3.22. The maximum atomic E-state index is 12.1. The summed E-state index contributed by atoms with van der Waals surface area (Å²) in [6.07, 6.45) is 0.800. The van der Waals surface area contributed by atoms with Crippen molar-refractivity contribution in [2.75, 3.05) is 13.1 Å². The van der Waals surface area contributed by atoms with Gasteiger partial charge >= 0.3 is 0 Å². The van der Waals surface area contributed by atoms with E-state index < -0.39 is 10.0 Å². The lowest BCUT2D eigenvalue weighted by atomic mass is 10.1. The summed E-state index contributed by atoms with van der Waals surface area (Å²) >= 11 is 0. The van der Waals surface area contributed by atoms with Crippen LogP contribution in [0.15, 0.2) is 23.1 Å². The molecule has 1 saturated heterocycles. The van der Waals surface area contributed by atoms with E-state index in [1.54, 1.807) is 6.92 Å². The van der Waals surface area contributed by atoms with Gasteiger partial charge < -0.3 is 5.32 Å². The Bertz CT molecular complexity index is 584. The highest BCUT2D eigenvalue weighted by atomic mass is 32.2. The summed E-state index contributed by atoms with van der Waals surface area (Å²) in [5.41, 5.74) is 1.17. The molecule has 0 bridgehead atoms. The first kappa shape index (κ1) is 13.0. The van der Waals surface area contributed by atoms with Crippen LogP contribution in [0.2, 0.25) is 0 Å². The number of nitriles is 1. The van der Waals surface area contributed by atoms with Crippen LogP contribution in [0.1, 0.15) is 17.5 Å². The second-order valence-electron chi connectivity index (χ2n) is 4.40. The molecule has 1 atom stereocenters. The molecule has 1 aliphatic rings. The Balaban J connectivity index is 2.24. The molecule has 6 heteroatoms. The number of nitrogens with zero attached hydrogens (tertiary/aromatic N) is 1. The van der Waals surface area contributed by atoms with Crippen molar-refractivity contribution >= 4 is 10.0 Å². The predicted molar refractivity (Wildman–Crippen MR) is 67.5 cm³/mol. The van der Waals surface area contributed by atoms with Crippen LogP contribution in [-0.4, -0.2) is 27.5 Å². The van der Waals surface area contributed by atoms with Gasteiger partial charge in [0.1, 0.15) is 0 Å². The molecule has 5 nitrogen and oxygen atoms in total. The van der Waals surface area contributed by atoms with E-state index in [1.807, 2.05) is 6.07 Å². The monoisotopic (exact) mass is 265 g/mol. The van der Waals surface area contributed by atoms with Gasteiger partial charge in [0, 0.05) is 12.6 Å². The highest BCUT2D eigenvalue weighted by Gasteiger charge is 2.22. The molecule has 96 valence electrons. The molecule has 1 aliphatic heterocycles. The van der Waals surface area contributed by atoms with E-state index in [0.29, 0.717) is 17.7 Å². The van der Waals surface area contributed by atoms with E-state index in [1.165, 1.54) is 18.2 Å². The van der Waals surface area contributed by atoms with E-state index in [2.05, 4.69) is 10.0 Å². The smallest absolute Gasteiger partial charge is 0.240 e. The Morgan fingerprint density at radius 2 is 2.28 bits per heavy atom. The van der Waals surface area contributed by atoms with Crippen molar-refractivity contribution in [1.82, 2.24) is 10.0 Å². The van der Waals surface area contributed by atoms with E-state index >= 15 is 0 Å². The standard InChI is InChI=1S/C12H15N3O2S/c1-9-6-12(3-2-10(9)7-13)18(16,17)15-11-4-5-14-8-11/h2-3,6,11,14-15H,4-5,8H2,1H3/t11-/m1/s1. The second kappa shape index (κ2) is 5.06. The van der Waals surface area contributed by atoms with E-state index in [-0.39, 0.29) is 10.9 Å². The lowest BCUT2D eigenvalue weighted by Crippen LogP contribution is -2.36. The summed E-state index contributed by atoms with van der Waals surface area (Å²) in [5.74, 6) is 0. The first-order chi connectivity index (χ1) is 8.53. The van der Waals surface area contributed by atoms with E-state index in [9.17, 15) is 8.42 Å². The van der Waals surface area contributed by atoms with Gasteiger partial charge in [-0.15, -0.1) is 0 Å². The molecule has 2 N–H and O–H groups in total. The largest absolute Gasteiger partial charge is 0.315 e. The SMILES string of the molecule is Cc1cc(S(=O)(=O)N[C@@H]2CCNC2)ccc1C#N. The molecule has 0 spiro atoms. The lowest BCUT2D eigenvalue weighted by molar-refractivity contribution is 0.560. The van der Waals surface area contributed by atoms with Gasteiger partial charge in [-0.1, -0.05) is 0 Å². The minimum Gasteiger partial charge on any atom is -0.315 e. The molecule has 0 aliphatic carbocycles. The van der Waals surface area contributed by atoms with Crippen LogP contribution in [0, 0.1) is 18.3 Å². The molecular formula is C12H15N3O2S. The topological polar surface area (TPSA) is 82.0 Å². The molecule has 1 heterocycles. The van der Waals surface area contributed by atoms with Crippen LogP contribution in [0.25, 0.3) is 0 Å². The fourth-order valence-electron chi connectivity index (χ4n) is 1.97. The third-order valence-corrected chi connectivity index (χ3v) is 4.53. The van der Waals surface area contributed by atoms with Crippen molar-refractivity contribution in [3.8, 4) is 6.07 Å². The zero-order chi connectivity index (χ0) is 13.2. The number of aryl methyl sites for hydroxylation is 1. The summed E-state index contributed by atoms with van der Waals surface area (Å²) in [5, 5.41) is 11.9. The molecule has 1 aromatic carbocycles. The molecular weight excluding hydrogens is 250 g/mol. The molecule has 18 heavy (non-hydrogen) atoms.